The molecule has 0 fully saturated rings. The maximum absolute atomic E-state index is 13.3. The summed E-state index contributed by atoms with van der Waals surface area (Å²) in [7, 11) is -4.64. The van der Waals surface area contributed by atoms with Gasteiger partial charge in [-0.05, 0) is 42.5 Å². The predicted octanol–water partition coefficient (Wildman–Crippen LogP) is 2.44. The second-order valence-electron chi connectivity index (χ2n) is 8.10. The molecule has 9 heteroatoms. The summed E-state index contributed by atoms with van der Waals surface area (Å²) in [5.41, 5.74) is 1.24. The molecule has 1 unspecified atom stereocenters. The SMILES string of the molecule is C=S(=O)(CCC)Oc1c(C(=O)c2ccc3c(c2C)C(C)(C)CS3(=O)=O)cnn1C. The lowest BCUT2D eigenvalue weighted by Gasteiger charge is -2.21. The lowest BCUT2D eigenvalue weighted by Crippen LogP contribution is -2.21. The Morgan fingerprint density at radius 3 is 2.62 bits per heavy atom. The van der Waals surface area contributed by atoms with Crippen molar-refractivity contribution >= 4 is 31.3 Å². The van der Waals surface area contributed by atoms with Gasteiger partial charge in [0.2, 0.25) is 5.88 Å². The Kier molecular flexibility index (Phi) is 5.20. The van der Waals surface area contributed by atoms with Gasteiger partial charge in [0.15, 0.2) is 15.6 Å². The van der Waals surface area contributed by atoms with Gasteiger partial charge in [0.1, 0.15) is 15.4 Å². The molecular weight excluding hydrogens is 412 g/mol. The highest BCUT2D eigenvalue weighted by Crippen LogP contribution is 2.42. The minimum Gasteiger partial charge on any atom is -0.388 e. The molecule has 7 nitrogen and oxygen atoms in total. The normalized spacial score (nSPS) is 18.8. The molecule has 0 aliphatic carbocycles. The van der Waals surface area contributed by atoms with E-state index in [1.807, 2.05) is 20.8 Å². The first-order valence-electron chi connectivity index (χ1n) is 9.28. The fourth-order valence-corrected chi connectivity index (χ4v) is 7.44. The molecule has 1 aromatic heterocycles. The molecule has 1 aliphatic heterocycles. The van der Waals surface area contributed by atoms with E-state index in [1.54, 1.807) is 14.0 Å². The summed E-state index contributed by atoms with van der Waals surface area (Å²) in [5, 5.41) is 4.08. The number of aryl methyl sites for hydroxylation is 1. The number of benzene rings is 1. The third-order valence-electron chi connectivity index (χ3n) is 5.11. The van der Waals surface area contributed by atoms with E-state index in [-0.39, 0.29) is 33.6 Å². The van der Waals surface area contributed by atoms with E-state index >= 15 is 0 Å². The van der Waals surface area contributed by atoms with Crippen LogP contribution in [0.2, 0.25) is 0 Å². The summed E-state index contributed by atoms with van der Waals surface area (Å²) in [4.78, 5) is 13.6. The molecule has 0 saturated carbocycles. The van der Waals surface area contributed by atoms with Gasteiger partial charge in [0.05, 0.1) is 16.8 Å². The van der Waals surface area contributed by atoms with Crippen molar-refractivity contribution in [3.8, 4) is 5.88 Å². The van der Waals surface area contributed by atoms with Crippen molar-refractivity contribution in [2.24, 2.45) is 7.05 Å². The molecule has 158 valence electrons. The maximum Gasteiger partial charge on any atom is 0.239 e. The number of aromatic nitrogens is 2. The van der Waals surface area contributed by atoms with Gasteiger partial charge < -0.3 is 4.18 Å². The molecule has 0 bridgehead atoms. The average molecular weight is 439 g/mol. The Balaban J connectivity index is 2.11. The fraction of sp³-hybridized carbons (Fsp3) is 0.450. The molecular formula is C20H26N2O5S2. The quantitative estimate of drug-likeness (QED) is 0.508. The zero-order valence-corrected chi connectivity index (χ0v) is 18.9. The summed E-state index contributed by atoms with van der Waals surface area (Å²) >= 11 is 0. The van der Waals surface area contributed by atoms with Crippen molar-refractivity contribution in [1.29, 1.82) is 0 Å². The van der Waals surface area contributed by atoms with Crippen LogP contribution in [0.3, 0.4) is 0 Å². The van der Waals surface area contributed by atoms with Crippen molar-refractivity contribution in [1.82, 2.24) is 9.78 Å². The van der Waals surface area contributed by atoms with E-state index in [0.29, 0.717) is 23.1 Å². The van der Waals surface area contributed by atoms with E-state index in [9.17, 15) is 17.4 Å². The van der Waals surface area contributed by atoms with Crippen molar-refractivity contribution in [3.05, 3.63) is 40.6 Å². The van der Waals surface area contributed by atoms with Crippen LogP contribution in [-0.2, 0) is 32.1 Å². The number of carbonyl (C=O) groups excluding carboxylic acids is 1. The minimum atomic E-state index is -3.38. The Morgan fingerprint density at radius 1 is 1.34 bits per heavy atom. The summed E-state index contributed by atoms with van der Waals surface area (Å²) in [6.07, 6.45) is 1.99. The molecule has 0 N–H and O–H groups in total. The van der Waals surface area contributed by atoms with Gasteiger partial charge in [-0.2, -0.15) is 5.10 Å². The van der Waals surface area contributed by atoms with Gasteiger partial charge in [-0.15, -0.1) is 0 Å². The van der Waals surface area contributed by atoms with Crippen LogP contribution in [0, 0.1) is 6.92 Å². The van der Waals surface area contributed by atoms with Crippen LogP contribution in [0.5, 0.6) is 5.88 Å². The van der Waals surface area contributed by atoms with Crippen molar-refractivity contribution < 1.29 is 21.6 Å². The number of rotatable bonds is 6. The summed E-state index contributed by atoms with van der Waals surface area (Å²) < 4.78 is 44.5. The molecule has 3 rings (SSSR count). The predicted molar refractivity (Wildman–Crippen MR) is 114 cm³/mol. The van der Waals surface area contributed by atoms with Crippen LogP contribution in [-0.4, -0.2) is 45.6 Å². The largest absolute Gasteiger partial charge is 0.388 e. The van der Waals surface area contributed by atoms with Crippen LogP contribution >= 0.6 is 0 Å². The van der Waals surface area contributed by atoms with Gasteiger partial charge in [-0.25, -0.2) is 17.3 Å². The minimum absolute atomic E-state index is 0.00958. The summed E-state index contributed by atoms with van der Waals surface area (Å²) in [6.45, 7) is 7.35. The van der Waals surface area contributed by atoms with Gasteiger partial charge in [-0.1, -0.05) is 20.8 Å². The van der Waals surface area contributed by atoms with Crippen LogP contribution in [0.25, 0.3) is 0 Å². The number of carbonyl (C=O) groups is 1. The van der Waals surface area contributed by atoms with Crippen LogP contribution in [0.1, 0.15) is 54.2 Å². The number of fused-ring (bicyclic) bond motifs is 1. The molecule has 0 saturated heterocycles. The zero-order valence-electron chi connectivity index (χ0n) is 17.3. The highest BCUT2D eigenvalue weighted by Gasteiger charge is 2.42. The summed E-state index contributed by atoms with van der Waals surface area (Å²) in [6, 6.07) is 3.03. The first kappa shape index (κ1) is 21.6. The Hall–Kier alpha value is -2.13. The first-order valence-corrected chi connectivity index (χ1v) is 12.8. The first-order chi connectivity index (χ1) is 13.3. The monoisotopic (exact) mass is 438 g/mol. The van der Waals surface area contributed by atoms with E-state index in [1.165, 1.54) is 23.0 Å². The maximum atomic E-state index is 13.3. The molecule has 29 heavy (non-hydrogen) atoms. The van der Waals surface area contributed by atoms with Gasteiger partial charge in [0.25, 0.3) is 0 Å². The van der Waals surface area contributed by atoms with E-state index in [4.69, 9.17) is 4.18 Å². The van der Waals surface area contributed by atoms with Gasteiger partial charge >= 0.3 is 0 Å². The lowest BCUT2D eigenvalue weighted by molar-refractivity contribution is 0.103. The molecule has 0 spiro atoms. The molecule has 0 radical (unpaired) electrons. The number of nitrogens with zero attached hydrogens (tertiary/aromatic N) is 2. The smallest absolute Gasteiger partial charge is 0.239 e. The topological polar surface area (TPSA) is 95.3 Å². The standard InChI is InChI=1S/C20H26N2O5S2/c1-7-10-28(6,24)27-19-15(11-21-22(19)5)18(23)14-8-9-16-17(13(14)2)20(3,4)12-29(16,25)26/h8-9,11H,6-7,10,12H2,1-5H3. The Bertz CT molecular complexity index is 1210. The molecule has 2 heterocycles. The van der Waals surface area contributed by atoms with Crippen molar-refractivity contribution in [2.75, 3.05) is 11.5 Å². The van der Waals surface area contributed by atoms with Crippen LogP contribution < -0.4 is 4.18 Å². The van der Waals surface area contributed by atoms with Crippen molar-refractivity contribution in [3.63, 3.8) is 0 Å². The number of sulfone groups is 1. The second-order valence-corrected chi connectivity index (χ2v) is 12.1. The van der Waals surface area contributed by atoms with Crippen LogP contribution in [0.15, 0.2) is 23.2 Å². The number of hydrogen-bond acceptors (Lipinski definition) is 6. The molecule has 1 atom stereocenters. The molecule has 1 aromatic carbocycles. The average Bonchev–Trinajstić information content (AvgIpc) is 3.01. The molecule has 1 aliphatic rings. The summed E-state index contributed by atoms with van der Waals surface area (Å²) in [5.74, 6) is 3.64. The van der Waals surface area contributed by atoms with Gasteiger partial charge in [-0.3, -0.25) is 4.79 Å². The van der Waals surface area contributed by atoms with E-state index in [0.717, 1.165) is 0 Å². The molecule has 2 aromatic rings. The fourth-order valence-electron chi connectivity index (χ4n) is 3.98. The van der Waals surface area contributed by atoms with E-state index in [2.05, 4.69) is 11.0 Å². The third-order valence-corrected chi connectivity index (χ3v) is 8.71. The Labute approximate surface area is 172 Å². The Morgan fingerprint density at radius 2 is 2.00 bits per heavy atom. The van der Waals surface area contributed by atoms with E-state index < -0.39 is 25.1 Å². The zero-order chi connectivity index (χ0) is 21.8. The molecule has 0 amide bonds. The van der Waals surface area contributed by atoms with Crippen molar-refractivity contribution in [2.45, 2.75) is 44.4 Å². The highest BCUT2D eigenvalue weighted by molar-refractivity contribution is 7.96. The van der Waals surface area contributed by atoms with Gasteiger partial charge in [0, 0.05) is 23.8 Å². The number of hydrogen-bond donors (Lipinski definition) is 0. The highest BCUT2D eigenvalue weighted by atomic mass is 32.2. The third kappa shape index (κ3) is 3.73. The van der Waals surface area contributed by atoms with Crippen LogP contribution in [0.4, 0.5) is 0 Å². The lowest BCUT2D eigenvalue weighted by atomic mass is 9.81. The number of ketones is 1. The second kappa shape index (κ2) is 6.98.